The fourth-order valence-electron chi connectivity index (χ4n) is 2.37. The smallest absolute Gasteiger partial charge is 0.395 e. The monoisotopic (exact) mass is 303 g/mol. The largest absolute Gasteiger partial charge is 0.433 e. The first-order valence-electron chi connectivity index (χ1n) is 6.31. The first-order chi connectivity index (χ1) is 10.5. The number of fused-ring (bicyclic) bond motifs is 1. The summed E-state index contributed by atoms with van der Waals surface area (Å²) in [5.74, 6) is -1.26. The number of carbonyl (C=O) groups is 1. The molecule has 2 heterocycles. The summed E-state index contributed by atoms with van der Waals surface area (Å²) >= 11 is 0. The van der Waals surface area contributed by atoms with Gasteiger partial charge in [-0.05, 0) is 18.1 Å². The molecule has 22 heavy (non-hydrogen) atoms. The Morgan fingerprint density at radius 1 is 1.14 bits per heavy atom. The Morgan fingerprint density at radius 2 is 1.91 bits per heavy atom. The predicted molar refractivity (Wildman–Crippen MR) is 73.8 cm³/mol. The van der Waals surface area contributed by atoms with Gasteiger partial charge in [-0.15, -0.1) is 0 Å². The summed E-state index contributed by atoms with van der Waals surface area (Å²) in [6, 6.07) is 6.61. The number of anilines is 1. The van der Waals surface area contributed by atoms with E-state index in [9.17, 15) is 25.0 Å². The van der Waals surface area contributed by atoms with Gasteiger partial charge in [0.05, 0.1) is 16.7 Å². The second kappa shape index (κ2) is 4.95. The lowest BCUT2D eigenvalue weighted by atomic mass is 10.1. The van der Waals surface area contributed by atoms with Gasteiger partial charge in [0.1, 0.15) is 4.92 Å². The standard InChI is InChI=1S/C13H9N3O6/c17-13(11-3-4-12(22-11)16(20)21)14-6-5-8-1-2-9(15(18)19)7-10(8)14/h1-4,7H,5-6H2. The van der Waals surface area contributed by atoms with Crippen molar-refractivity contribution in [2.75, 3.05) is 11.4 Å². The van der Waals surface area contributed by atoms with E-state index in [0.29, 0.717) is 18.7 Å². The molecule has 0 fully saturated rings. The van der Waals surface area contributed by atoms with Crippen LogP contribution in [0.4, 0.5) is 17.3 Å². The van der Waals surface area contributed by atoms with Crippen molar-refractivity contribution in [3.05, 3.63) is 61.9 Å². The Labute approximate surface area is 123 Å². The Kier molecular flexibility index (Phi) is 3.09. The van der Waals surface area contributed by atoms with Crippen LogP contribution in [-0.2, 0) is 6.42 Å². The molecule has 3 rings (SSSR count). The first-order valence-corrected chi connectivity index (χ1v) is 6.31. The summed E-state index contributed by atoms with van der Waals surface area (Å²) in [6.07, 6.45) is 0.557. The van der Waals surface area contributed by atoms with Crippen LogP contribution < -0.4 is 4.90 Å². The van der Waals surface area contributed by atoms with Gasteiger partial charge in [-0.2, -0.15) is 0 Å². The average Bonchev–Trinajstić information content (AvgIpc) is 3.13. The Hall–Kier alpha value is -3.23. The van der Waals surface area contributed by atoms with Gasteiger partial charge in [0.2, 0.25) is 0 Å². The molecule has 1 amide bonds. The van der Waals surface area contributed by atoms with Crippen LogP contribution in [0, 0.1) is 20.2 Å². The van der Waals surface area contributed by atoms with Gasteiger partial charge in [-0.25, -0.2) is 0 Å². The lowest BCUT2D eigenvalue weighted by molar-refractivity contribution is -0.402. The Bertz CT molecular complexity index is 797. The highest BCUT2D eigenvalue weighted by Crippen LogP contribution is 2.33. The summed E-state index contributed by atoms with van der Waals surface area (Å²) in [4.78, 5) is 33.8. The summed E-state index contributed by atoms with van der Waals surface area (Å²) < 4.78 is 4.89. The summed E-state index contributed by atoms with van der Waals surface area (Å²) in [5.41, 5.74) is 1.11. The highest BCUT2D eigenvalue weighted by atomic mass is 16.6. The molecule has 112 valence electrons. The van der Waals surface area contributed by atoms with E-state index >= 15 is 0 Å². The molecule has 1 aliphatic heterocycles. The maximum absolute atomic E-state index is 12.4. The van der Waals surface area contributed by atoms with Crippen LogP contribution in [0.15, 0.2) is 34.7 Å². The number of amides is 1. The van der Waals surface area contributed by atoms with E-state index < -0.39 is 21.6 Å². The topological polar surface area (TPSA) is 120 Å². The summed E-state index contributed by atoms with van der Waals surface area (Å²) in [5, 5.41) is 21.4. The molecule has 9 nitrogen and oxygen atoms in total. The molecular formula is C13H9N3O6. The summed E-state index contributed by atoms with van der Waals surface area (Å²) in [7, 11) is 0. The highest BCUT2D eigenvalue weighted by molar-refractivity contribution is 6.05. The van der Waals surface area contributed by atoms with E-state index in [-0.39, 0.29) is 11.4 Å². The molecule has 0 aliphatic carbocycles. The summed E-state index contributed by atoms with van der Waals surface area (Å²) in [6.45, 7) is 0.337. The van der Waals surface area contributed by atoms with E-state index in [2.05, 4.69) is 0 Å². The first kappa shape index (κ1) is 13.7. The molecule has 0 saturated heterocycles. The second-order valence-corrected chi connectivity index (χ2v) is 4.67. The number of nitro benzene ring substituents is 1. The van der Waals surface area contributed by atoms with Crippen LogP contribution in [-0.4, -0.2) is 22.3 Å². The van der Waals surface area contributed by atoms with E-state index in [1.807, 2.05) is 0 Å². The fourth-order valence-corrected chi connectivity index (χ4v) is 2.37. The quantitative estimate of drug-likeness (QED) is 0.633. The number of carbonyl (C=O) groups excluding carboxylic acids is 1. The lowest BCUT2D eigenvalue weighted by Crippen LogP contribution is -2.28. The number of hydrogen-bond donors (Lipinski definition) is 0. The number of furan rings is 1. The zero-order valence-corrected chi connectivity index (χ0v) is 11.1. The van der Waals surface area contributed by atoms with E-state index in [0.717, 1.165) is 11.6 Å². The number of nitro groups is 2. The molecule has 0 bridgehead atoms. The molecule has 0 spiro atoms. The maximum Gasteiger partial charge on any atom is 0.433 e. The molecule has 0 atom stereocenters. The van der Waals surface area contributed by atoms with Gasteiger partial charge in [0, 0.05) is 18.7 Å². The van der Waals surface area contributed by atoms with Crippen molar-refractivity contribution < 1.29 is 19.1 Å². The SMILES string of the molecule is O=C(c1ccc([N+](=O)[O-])o1)N1CCc2ccc([N+](=O)[O-])cc21. The molecular weight excluding hydrogens is 294 g/mol. The van der Waals surface area contributed by atoms with Crippen molar-refractivity contribution in [3.63, 3.8) is 0 Å². The number of nitrogens with zero attached hydrogens (tertiary/aromatic N) is 3. The second-order valence-electron chi connectivity index (χ2n) is 4.67. The van der Waals surface area contributed by atoms with Crippen LogP contribution in [0.25, 0.3) is 0 Å². The molecule has 1 aliphatic rings. The van der Waals surface area contributed by atoms with Crippen LogP contribution >= 0.6 is 0 Å². The molecule has 1 aromatic heterocycles. The van der Waals surface area contributed by atoms with Gasteiger partial charge in [0.25, 0.3) is 11.6 Å². The normalized spacial score (nSPS) is 13.0. The predicted octanol–water partition coefficient (Wildman–Crippen LogP) is 2.30. The minimum atomic E-state index is -0.737. The number of non-ortho nitro benzene ring substituents is 1. The number of benzene rings is 1. The third-order valence-electron chi connectivity index (χ3n) is 3.40. The molecule has 0 unspecified atom stereocenters. The van der Waals surface area contributed by atoms with Crippen molar-refractivity contribution in [1.82, 2.24) is 0 Å². The van der Waals surface area contributed by atoms with Gasteiger partial charge in [-0.1, -0.05) is 6.07 Å². The average molecular weight is 303 g/mol. The molecule has 2 aromatic rings. The maximum atomic E-state index is 12.4. The van der Waals surface area contributed by atoms with Gasteiger partial charge >= 0.3 is 5.88 Å². The Morgan fingerprint density at radius 3 is 2.55 bits per heavy atom. The Balaban J connectivity index is 1.94. The minimum Gasteiger partial charge on any atom is -0.395 e. The molecule has 0 N–H and O–H groups in total. The van der Waals surface area contributed by atoms with Gasteiger partial charge < -0.3 is 9.32 Å². The van der Waals surface area contributed by atoms with Crippen molar-refractivity contribution in [1.29, 1.82) is 0 Å². The van der Waals surface area contributed by atoms with Crippen LogP contribution in [0.3, 0.4) is 0 Å². The van der Waals surface area contributed by atoms with Crippen molar-refractivity contribution in [2.24, 2.45) is 0 Å². The van der Waals surface area contributed by atoms with Crippen molar-refractivity contribution >= 4 is 23.2 Å². The number of hydrogen-bond acceptors (Lipinski definition) is 6. The van der Waals surface area contributed by atoms with Crippen molar-refractivity contribution in [3.8, 4) is 0 Å². The fraction of sp³-hybridized carbons (Fsp3) is 0.154. The molecule has 1 aromatic carbocycles. The number of rotatable bonds is 3. The highest BCUT2D eigenvalue weighted by Gasteiger charge is 2.30. The molecule has 0 radical (unpaired) electrons. The lowest BCUT2D eigenvalue weighted by Gasteiger charge is -2.15. The van der Waals surface area contributed by atoms with Gasteiger partial charge in [-0.3, -0.25) is 25.0 Å². The van der Waals surface area contributed by atoms with E-state index in [1.54, 1.807) is 6.07 Å². The van der Waals surface area contributed by atoms with Crippen LogP contribution in [0.5, 0.6) is 0 Å². The third-order valence-corrected chi connectivity index (χ3v) is 3.40. The van der Waals surface area contributed by atoms with Crippen molar-refractivity contribution in [2.45, 2.75) is 6.42 Å². The van der Waals surface area contributed by atoms with Gasteiger partial charge in [0.15, 0.2) is 5.76 Å². The minimum absolute atomic E-state index is 0.121. The zero-order chi connectivity index (χ0) is 15.9. The molecule has 0 saturated carbocycles. The third kappa shape index (κ3) is 2.18. The van der Waals surface area contributed by atoms with E-state index in [1.165, 1.54) is 23.1 Å². The van der Waals surface area contributed by atoms with E-state index in [4.69, 9.17) is 4.42 Å². The van der Waals surface area contributed by atoms with Crippen LogP contribution in [0.1, 0.15) is 16.1 Å². The van der Waals surface area contributed by atoms with Crippen LogP contribution in [0.2, 0.25) is 0 Å². The molecule has 9 heteroatoms. The zero-order valence-electron chi connectivity index (χ0n) is 11.1.